The summed E-state index contributed by atoms with van der Waals surface area (Å²) in [5.41, 5.74) is 3.00. The molecule has 0 aliphatic carbocycles. The lowest BCUT2D eigenvalue weighted by atomic mass is 10.0. The van der Waals surface area contributed by atoms with Crippen LogP contribution in [0.1, 0.15) is 42.4 Å². The number of amides is 1. The third-order valence-electron chi connectivity index (χ3n) is 3.48. The van der Waals surface area contributed by atoms with Crippen LogP contribution in [0.2, 0.25) is 0 Å². The topological polar surface area (TPSA) is 78.7 Å². The predicted molar refractivity (Wildman–Crippen MR) is 96.1 cm³/mol. The first kappa shape index (κ1) is 18.0. The highest BCUT2D eigenvalue weighted by Crippen LogP contribution is 2.25. The van der Waals surface area contributed by atoms with E-state index in [1.54, 1.807) is 13.8 Å². The van der Waals surface area contributed by atoms with Gasteiger partial charge < -0.3 is 5.32 Å². The minimum atomic E-state index is -0.120. The Hall–Kier alpha value is -2.39. The summed E-state index contributed by atoms with van der Waals surface area (Å²) < 4.78 is 0. The summed E-state index contributed by atoms with van der Waals surface area (Å²) >= 11 is 1.26. The second-order valence-electron chi connectivity index (χ2n) is 5.73. The first-order chi connectivity index (χ1) is 11.4. The fraction of sp³-hybridized carbons (Fsp3) is 0.333. The number of benzene rings is 1. The fourth-order valence-corrected chi connectivity index (χ4v) is 3.22. The predicted octanol–water partition coefficient (Wildman–Crippen LogP) is 3.82. The Morgan fingerprint density at radius 2 is 2.00 bits per heavy atom. The molecule has 1 amide bonds. The van der Waals surface area contributed by atoms with E-state index >= 15 is 0 Å². The smallest absolute Gasteiger partial charge is 0.234 e. The van der Waals surface area contributed by atoms with E-state index < -0.39 is 0 Å². The summed E-state index contributed by atoms with van der Waals surface area (Å²) in [5, 5.41) is 12.7. The van der Waals surface area contributed by atoms with Gasteiger partial charge in [0.05, 0.1) is 11.4 Å². The summed E-state index contributed by atoms with van der Waals surface area (Å²) in [4.78, 5) is 20.7. The van der Waals surface area contributed by atoms with Gasteiger partial charge in [-0.05, 0) is 31.4 Å². The number of aryl methyl sites for hydroxylation is 2. The van der Waals surface area contributed by atoms with Crippen molar-refractivity contribution >= 4 is 23.4 Å². The Morgan fingerprint density at radius 3 is 2.67 bits per heavy atom. The maximum absolute atomic E-state index is 12.3. The number of nitrogens with one attached hydrogen (secondary N) is 1. The monoisotopic (exact) mass is 340 g/mol. The van der Waals surface area contributed by atoms with Gasteiger partial charge in [0.25, 0.3) is 0 Å². The lowest BCUT2D eigenvalue weighted by molar-refractivity contribution is -0.113. The number of aromatic nitrogens is 2. The van der Waals surface area contributed by atoms with Gasteiger partial charge >= 0.3 is 0 Å². The van der Waals surface area contributed by atoms with Gasteiger partial charge in [-0.1, -0.05) is 43.8 Å². The quantitative estimate of drug-likeness (QED) is 0.661. The zero-order chi connectivity index (χ0) is 17.7. The van der Waals surface area contributed by atoms with Crippen molar-refractivity contribution in [3.8, 4) is 6.07 Å². The van der Waals surface area contributed by atoms with Crippen molar-refractivity contribution in [3.05, 3.63) is 46.9 Å². The van der Waals surface area contributed by atoms with Crippen LogP contribution in [0.25, 0.3) is 0 Å². The summed E-state index contributed by atoms with van der Waals surface area (Å²) in [5.74, 6) is 0.994. The van der Waals surface area contributed by atoms with Crippen LogP contribution in [-0.2, 0) is 4.79 Å². The van der Waals surface area contributed by atoms with Crippen molar-refractivity contribution in [1.29, 1.82) is 5.26 Å². The lowest BCUT2D eigenvalue weighted by Gasteiger charge is -2.13. The molecule has 1 N–H and O–H groups in total. The van der Waals surface area contributed by atoms with Crippen LogP contribution in [-0.4, -0.2) is 21.6 Å². The maximum Gasteiger partial charge on any atom is 0.234 e. The highest BCUT2D eigenvalue weighted by molar-refractivity contribution is 8.00. The first-order valence-electron chi connectivity index (χ1n) is 7.69. The van der Waals surface area contributed by atoms with E-state index in [-0.39, 0.29) is 11.7 Å². The largest absolute Gasteiger partial charge is 0.325 e. The molecule has 0 bridgehead atoms. The molecule has 6 heteroatoms. The van der Waals surface area contributed by atoms with Gasteiger partial charge in [0, 0.05) is 5.69 Å². The van der Waals surface area contributed by atoms with Gasteiger partial charge in [0.15, 0.2) is 0 Å². The number of carbonyl (C=O) groups is 1. The molecule has 5 nitrogen and oxygen atoms in total. The molecule has 2 aromatic rings. The second kappa shape index (κ2) is 7.93. The Bertz CT molecular complexity index is 796. The maximum atomic E-state index is 12.3. The Kier molecular flexibility index (Phi) is 5.93. The molecule has 0 fully saturated rings. The van der Waals surface area contributed by atoms with E-state index in [1.165, 1.54) is 11.8 Å². The highest BCUT2D eigenvalue weighted by atomic mass is 32.2. The van der Waals surface area contributed by atoms with Crippen LogP contribution in [0, 0.1) is 25.2 Å². The Balaban J connectivity index is 2.09. The minimum Gasteiger partial charge on any atom is -0.325 e. The molecule has 0 saturated carbocycles. The van der Waals surface area contributed by atoms with E-state index in [0.29, 0.717) is 28.0 Å². The van der Waals surface area contributed by atoms with Crippen LogP contribution in [0.4, 0.5) is 5.69 Å². The molecule has 0 atom stereocenters. The number of para-hydroxylation sites is 1. The summed E-state index contributed by atoms with van der Waals surface area (Å²) in [6.07, 6.45) is 0. The van der Waals surface area contributed by atoms with Crippen LogP contribution in [0.3, 0.4) is 0 Å². The van der Waals surface area contributed by atoms with Crippen molar-refractivity contribution in [2.45, 2.75) is 38.6 Å². The molecule has 0 spiro atoms. The van der Waals surface area contributed by atoms with Crippen molar-refractivity contribution in [2.24, 2.45) is 0 Å². The summed E-state index contributed by atoms with van der Waals surface area (Å²) in [6.45, 7) is 7.73. The number of nitrogens with zero attached hydrogens (tertiary/aromatic N) is 3. The molecule has 124 valence electrons. The zero-order valence-corrected chi connectivity index (χ0v) is 15.1. The number of hydrogen-bond donors (Lipinski definition) is 1. The van der Waals surface area contributed by atoms with Crippen molar-refractivity contribution < 1.29 is 4.79 Å². The van der Waals surface area contributed by atoms with E-state index in [2.05, 4.69) is 35.2 Å². The molecular formula is C18H20N4OS. The van der Waals surface area contributed by atoms with Crippen LogP contribution < -0.4 is 5.32 Å². The van der Waals surface area contributed by atoms with E-state index in [9.17, 15) is 10.1 Å². The minimum absolute atomic E-state index is 0.120. The van der Waals surface area contributed by atoms with Gasteiger partial charge in [-0.15, -0.1) is 0 Å². The molecule has 0 unspecified atom stereocenters. The first-order valence-corrected chi connectivity index (χ1v) is 8.67. The van der Waals surface area contributed by atoms with Gasteiger partial charge in [-0.3, -0.25) is 4.79 Å². The molecule has 1 aromatic carbocycles. The average Bonchev–Trinajstić information content (AvgIpc) is 2.52. The number of anilines is 1. The molecular weight excluding hydrogens is 320 g/mol. The second-order valence-corrected chi connectivity index (χ2v) is 6.69. The number of thioether (sulfide) groups is 1. The van der Waals surface area contributed by atoms with Gasteiger partial charge in [0.2, 0.25) is 5.91 Å². The molecule has 0 aliphatic rings. The molecule has 0 aliphatic heterocycles. The number of nitriles is 1. The van der Waals surface area contributed by atoms with Crippen molar-refractivity contribution in [3.63, 3.8) is 0 Å². The third-order valence-corrected chi connectivity index (χ3v) is 4.45. The normalized spacial score (nSPS) is 10.5. The van der Waals surface area contributed by atoms with Crippen LogP contribution in [0.5, 0.6) is 0 Å². The molecule has 2 rings (SSSR count). The Morgan fingerprint density at radius 1 is 1.29 bits per heavy atom. The van der Waals surface area contributed by atoms with Gasteiger partial charge in [-0.25, -0.2) is 9.97 Å². The van der Waals surface area contributed by atoms with Crippen molar-refractivity contribution in [1.82, 2.24) is 9.97 Å². The zero-order valence-electron chi connectivity index (χ0n) is 14.3. The number of carbonyl (C=O) groups excluding carboxylic acids is 1. The number of hydrogen-bond acceptors (Lipinski definition) is 5. The van der Waals surface area contributed by atoms with E-state index in [4.69, 9.17) is 0 Å². The number of rotatable bonds is 5. The molecule has 1 heterocycles. The fourth-order valence-electron chi connectivity index (χ4n) is 2.35. The van der Waals surface area contributed by atoms with E-state index in [1.807, 2.05) is 24.3 Å². The lowest BCUT2D eigenvalue weighted by Crippen LogP contribution is -2.16. The molecule has 1 aromatic heterocycles. The van der Waals surface area contributed by atoms with E-state index in [0.717, 1.165) is 11.3 Å². The standard InChI is InChI=1S/C18H20N4OS/c1-11(2)14-7-5-6-8-16(14)22-17(23)10-24-18-15(9-19)12(3)20-13(4)21-18/h5-8,11H,10H2,1-4H3,(H,22,23). The van der Waals surface area contributed by atoms with Gasteiger partial charge in [0.1, 0.15) is 22.5 Å². The molecule has 0 radical (unpaired) electrons. The van der Waals surface area contributed by atoms with Crippen molar-refractivity contribution in [2.75, 3.05) is 11.1 Å². The highest BCUT2D eigenvalue weighted by Gasteiger charge is 2.14. The summed E-state index contributed by atoms with van der Waals surface area (Å²) in [6, 6.07) is 9.89. The van der Waals surface area contributed by atoms with Crippen LogP contribution >= 0.6 is 11.8 Å². The van der Waals surface area contributed by atoms with Gasteiger partial charge in [-0.2, -0.15) is 5.26 Å². The average molecular weight is 340 g/mol. The van der Waals surface area contributed by atoms with Crippen LogP contribution in [0.15, 0.2) is 29.3 Å². The SMILES string of the molecule is Cc1nc(C)c(C#N)c(SCC(=O)Nc2ccccc2C(C)C)n1. The molecule has 0 saturated heterocycles. The molecule has 24 heavy (non-hydrogen) atoms. The third kappa shape index (κ3) is 4.33. The Labute approximate surface area is 146 Å². The summed E-state index contributed by atoms with van der Waals surface area (Å²) in [7, 11) is 0.